The van der Waals surface area contributed by atoms with Gasteiger partial charge in [-0.05, 0) is 21.9 Å². The molecule has 2 N–H and O–H groups in total. The first kappa shape index (κ1) is 20.5. The van der Waals surface area contributed by atoms with E-state index in [0.29, 0.717) is 16.9 Å². The molecule has 3 heterocycles. The predicted molar refractivity (Wildman–Crippen MR) is 90.6 cm³/mol. The van der Waals surface area contributed by atoms with E-state index in [1.807, 2.05) is 0 Å². The van der Waals surface area contributed by atoms with Crippen LogP contribution in [-0.4, -0.2) is 42.9 Å². The van der Waals surface area contributed by atoms with Crippen LogP contribution in [-0.2, 0) is 17.9 Å². The molecular formula is C15H13ClF3N7O3. The van der Waals surface area contributed by atoms with Crippen molar-refractivity contribution < 1.29 is 27.4 Å². The fraction of sp³-hybridized carbons (Fsp3) is 0.333. The summed E-state index contributed by atoms with van der Waals surface area (Å²) in [7, 11) is 0. The van der Waals surface area contributed by atoms with E-state index < -0.39 is 30.8 Å². The van der Waals surface area contributed by atoms with Gasteiger partial charge in [-0.2, -0.15) is 18.3 Å². The van der Waals surface area contributed by atoms with Gasteiger partial charge in [0.15, 0.2) is 5.65 Å². The van der Waals surface area contributed by atoms with Crippen LogP contribution in [0.15, 0.2) is 23.1 Å². The first-order chi connectivity index (χ1) is 13.7. The maximum atomic E-state index is 12.1. The number of imidazole rings is 1. The minimum absolute atomic E-state index is 0.0107. The molecule has 0 saturated heterocycles. The molecule has 0 aliphatic heterocycles. The molecule has 0 aliphatic carbocycles. The molecule has 0 aromatic carbocycles. The topological polar surface area (TPSA) is 127 Å². The minimum Gasteiger partial charge on any atom is -0.352 e. The highest BCUT2D eigenvalue weighted by molar-refractivity contribution is 6.32. The summed E-state index contributed by atoms with van der Waals surface area (Å²) in [5.74, 6) is -1.31. The summed E-state index contributed by atoms with van der Waals surface area (Å²) >= 11 is 5.65. The van der Waals surface area contributed by atoms with E-state index in [4.69, 9.17) is 11.6 Å². The molecule has 3 aromatic heterocycles. The fourth-order valence-corrected chi connectivity index (χ4v) is 2.41. The maximum Gasteiger partial charge on any atom is 0.389 e. The Bertz CT molecular complexity index is 1030. The molecule has 0 radical (unpaired) electrons. The summed E-state index contributed by atoms with van der Waals surface area (Å²) < 4.78 is 42.2. The number of alkyl halides is 3. The molecule has 0 unspecified atom stereocenters. The van der Waals surface area contributed by atoms with Crippen molar-refractivity contribution >= 4 is 29.1 Å². The maximum absolute atomic E-state index is 12.1. The molecule has 3 aromatic rings. The quantitative estimate of drug-likeness (QED) is 0.582. The highest BCUT2D eigenvalue weighted by Gasteiger charge is 2.27. The number of carbonyl (C=O) groups excluding carboxylic acids is 2. The second-order valence-corrected chi connectivity index (χ2v) is 6.24. The van der Waals surface area contributed by atoms with Crippen molar-refractivity contribution in [3.63, 3.8) is 0 Å². The molecule has 14 heteroatoms. The van der Waals surface area contributed by atoms with Crippen molar-refractivity contribution in [3.8, 4) is 0 Å². The number of nitrogens with zero attached hydrogens (tertiary/aromatic N) is 5. The summed E-state index contributed by atoms with van der Waals surface area (Å²) in [6.45, 7) is 0.0612. The summed E-state index contributed by atoms with van der Waals surface area (Å²) in [5.41, 5.74) is 1.30. The average molecular weight is 432 g/mol. The molecule has 0 fully saturated rings. The second-order valence-electron chi connectivity index (χ2n) is 5.88. The molecule has 10 nitrogen and oxygen atoms in total. The number of hydrogen-bond acceptors (Lipinski definition) is 7. The van der Waals surface area contributed by atoms with Gasteiger partial charge in [0.05, 0.1) is 31.1 Å². The van der Waals surface area contributed by atoms with Gasteiger partial charge in [0.2, 0.25) is 16.8 Å². The normalized spacial score (nSPS) is 11.6. The Kier molecular flexibility index (Phi) is 5.96. The largest absolute Gasteiger partial charge is 0.389 e. The van der Waals surface area contributed by atoms with E-state index in [-0.39, 0.29) is 23.9 Å². The predicted octanol–water partition coefficient (Wildman–Crippen LogP) is 1.65. The van der Waals surface area contributed by atoms with Gasteiger partial charge in [-0.1, -0.05) is 11.6 Å². The van der Waals surface area contributed by atoms with E-state index in [9.17, 15) is 22.8 Å². The molecule has 154 valence electrons. The van der Waals surface area contributed by atoms with Crippen LogP contribution in [0.5, 0.6) is 0 Å². The lowest BCUT2D eigenvalue weighted by molar-refractivity contribution is -0.144. The van der Waals surface area contributed by atoms with Crippen LogP contribution in [0.3, 0.4) is 0 Å². The van der Waals surface area contributed by atoms with Gasteiger partial charge in [-0.3, -0.25) is 9.59 Å². The van der Waals surface area contributed by atoms with Crippen molar-refractivity contribution in [2.75, 3.05) is 0 Å². The Morgan fingerprint density at radius 2 is 2.00 bits per heavy atom. The van der Waals surface area contributed by atoms with E-state index in [1.165, 1.54) is 10.7 Å². The van der Waals surface area contributed by atoms with Gasteiger partial charge in [0.25, 0.3) is 5.91 Å². The van der Waals surface area contributed by atoms with Crippen molar-refractivity contribution in [2.24, 2.45) is 0 Å². The lowest BCUT2D eigenvalue weighted by atomic mass is 10.2. The van der Waals surface area contributed by atoms with Crippen molar-refractivity contribution in [2.45, 2.75) is 32.1 Å². The fourth-order valence-electron chi connectivity index (χ4n) is 2.26. The molecule has 3 rings (SSSR count). The van der Waals surface area contributed by atoms with E-state index >= 15 is 0 Å². The number of carbonyl (C=O) groups is 2. The van der Waals surface area contributed by atoms with Gasteiger partial charge in [0, 0.05) is 13.0 Å². The monoisotopic (exact) mass is 431 g/mol. The summed E-state index contributed by atoms with van der Waals surface area (Å²) in [6, 6.07) is 1.61. The Morgan fingerprint density at radius 3 is 2.69 bits per heavy atom. The summed E-state index contributed by atoms with van der Waals surface area (Å²) in [5, 5.41) is 15.6. The number of amides is 2. The van der Waals surface area contributed by atoms with Crippen LogP contribution in [0.4, 0.5) is 13.2 Å². The van der Waals surface area contributed by atoms with Crippen molar-refractivity contribution in [3.05, 3.63) is 40.6 Å². The third kappa shape index (κ3) is 5.63. The van der Waals surface area contributed by atoms with Crippen molar-refractivity contribution in [1.82, 2.24) is 35.5 Å². The highest BCUT2D eigenvalue weighted by atomic mass is 35.5. The van der Waals surface area contributed by atoms with Crippen LogP contribution in [0.2, 0.25) is 5.15 Å². The zero-order valence-corrected chi connectivity index (χ0v) is 15.3. The van der Waals surface area contributed by atoms with Gasteiger partial charge < -0.3 is 10.6 Å². The van der Waals surface area contributed by atoms with E-state index in [0.717, 1.165) is 0 Å². The Balaban J connectivity index is 1.56. The van der Waals surface area contributed by atoms with Crippen molar-refractivity contribution in [1.29, 1.82) is 0 Å². The SMILES string of the molecule is O=C(CCC(F)(F)F)NCc1cnn2cc(CNC(=O)c3nonc3Cl)nc2c1. The zero-order chi connectivity index (χ0) is 21.0. The number of nitrogens with one attached hydrogen (secondary N) is 2. The Labute approximate surface area is 165 Å². The van der Waals surface area contributed by atoms with Crippen LogP contribution < -0.4 is 10.6 Å². The molecule has 0 aliphatic rings. The molecule has 0 atom stereocenters. The number of rotatable bonds is 7. The number of hydrogen-bond donors (Lipinski definition) is 2. The standard InChI is InChI=1S/C15H13ClF3N7O3/c16-13-12(24-29-25-13)14(28)21-6-9-7-26-10(23-9)3-8(5-22-26)4-20-11(27)1-2-15(17,18)19/h3,5,7H,1-2,4,6H2,(H,20,27)(H,21,28). The average Bonchev–Trinajstić information content (AvgIpc) is 3.27. The van der Waals surface area contributed by atoms with Crippen LogP contribution >= 0.6 is 11.6 Å². The molecule has 0 bridgehead atoms. The van der Waals surface area contributed by atoms with Crippen LogP contribution in [0.25, 0.3) is 5.65 Å². The molecule has 29 heavy (non-hydrogen) atoms. The van der Waals surface area contributed by atoms with Gasteiger partial charge >= 0.3 is 6.18 Å². The van der Waals surface area contributed by atoms with Gasteiger partial charge in [0.1, 0.15) is 0 Å². The third-order valence-electron chi connectivity index (χ3n) is 3.65. The number of fused-ring (bicyclic) bond motifs is 1. The second kappa shape index (κ2) is 8.43. The summed E-state index contributed by atoms with van der Waals surface area (Å²) in [6.07, 6.45) is -3.18. The Hall–Kier alpha value is -3.22. The number of aromatic nitrogens is 5. The lowest BCUT2D eigenvalue weighted by Crippen LogP contribution is -2.24. The van der Waals surface area contributed by atoms with Crippen LogP contribution in [0.1, 0.15) is 34.6 Å². The summed E-state index contributed by atoms with van der Waals surface area (Å²) in [4.78, 5) is 27.7. The molecule has 0 saturated carbocycles. The van der Waals surface area contributed by atoms with Gasteiger partial charge in [-0.15, -0.1) is 0 Å². The molecular weight excluding hydrogens is 419 g/mol. The molecule has 2 amide bonds. The zero-order valence-electron chi connectivity index (χ0n) is 14.5. The highest BCUT2D eigenvalue weighted by Crippen LogP contribution is 2.21. The first-order valence-corrected chi connectivity index (χ1v) is 8.52. The Morgan fingerprint density at radius 1 is 1.21 bits per heavy atom. The smallest absolute Gasteiger partial charge is 0.352 e. The first-order valence-electron chi connectivity index (χ1n) is 8.14. The number of halogens is 4. The minimum atomic E-state index is -4.38. The van der Waals surface area contributed by atoms with Gasteiger partial charge in [-0.25, -0.2) is 14.1 Å². The lowest BCUT2D eigenvalue weighted by Gasteiger charge is -2.07. The van der Waals surface area contributed by atoms with E-state index in [1.54, 1.807) is 12.3 Å². The third-order valence-corrected chi connectivity index (χ3v) is 3.89. The van der Waals surface area contributed by atoms with E-state index in [2.05, 4.69) is 35.7 Å². The van der Waals surface area contributed by atoms with Crippen LogP contribution in [0, 0.1) is 0 Å². The molecule has 0 spiro atoms.